The molecule has 4 heterocycles. The van der Waals surface area contributed by atoms with Gasteiger partial charge in [-0.3, -0.25) is 4.57 Å². The first kappa shape index (κ1) is 57.0. The smallest absolute Gasteiger partial charge is 0.238 e. The van der Waals surface area contributed by atoms with Crippen LogP contribution in [0.15, 0.2) is 303 Å². The van der Waals surface area contributed by atoms with E-state index in [9.17, 15) is 0 Å². The first-order valence-electron chi connectivity index (χ1n) is 33.6. The molecule has 0 saturated heterocycles. The highest BCUT2D eigenvalue weighted by Gasteiger charge is 2.38. The summed E-state index contributed by atoms with van der Waals surface area (Å²) in [5.74, 6) is 3.43. The predicted molar refractivity (Wildman–Crippen MR) is 401 cm³/mol. The second-order valence-corrected chi connectivity index (χ2v) is 27.0. The predicted octanol–water partition coefficient (Wildman–Crippen LogP) is 22.2. The van der Waals surface area contributed by atoms with Gasteiger partial charge in [-0.2, -0.15) is 9.97 Å². The second kappa shape index (κ2) is 22.0. The van der Waals surface area contributed by atoms with Crippen molar-refractivity contribution in [3.05, 3.63) is 326 Å². The van der Waals surface area contributed by atoms with Gasteiger partial charge in [0.05, 0.1) is 22.1 Å². The van der Waals surface area contributed by atoms with Gasteiger partial charge in [0, 0.05) is 65.9 Å². The Kier molecular flexibility index (Phi) is 12.8. The monoisotopic (exact) mass is 1250 g/mol. The van der Waals surface area contributed by atoms with Crippen LogP contribution in [-0.2, 0) is 10.8 Å². The molecule has 0 atom stereocenters. The average Bonchev–Trinajstić information content (AvgIpc) is 1.56. The second-order valence-electron chi connectivity index (χ2n) is 27.0. The van der Waals surface area contributed by atoms with Gasteiger partial charge >= 0.3 is 0 Å². The SMILES string of the molecule is CC1(C)c2ccccc2-c2cc3c4ccccc4n(-c4ccc(-c5nc(-c6ccccc6)nc(-c6cccc(-c7cccc8c7c7cc9c(cc7n8-c7nc(-c8ccc(-c%10ccccc%10)cc8)nc(-c8ccc(-c%10ccccc%10)cc8)n7)C(C)(C)c7ccccc7-9)c6)n5)cc4)c3cc21. The van der Waals surface area contributed by atoms with Crippen LogP contribution in [0.1, 0.15) is 49.9 Å². The van der Waals surface area contributed by atoms with Crippen molar-refractivity contribution in [2.24, 2.45) is 0 Å². The Morgan fingerprint density at radius 1 is 0.224 bits per heavy atom. The lowest BCUT2D eigenvalue weighted by Crippen LogP contribution is -2.15. The first-order valence-corrected chi connectivity index (χ1v) is 33.6. The number of nitrogens with zero attached hydrogens (tertiary/aromatic N) is 8. The summed E-state index contributed by atoms with van der Waals surface area (Å²) in [4.78, 5) is 32.3. The van der Waals surface area contributed by atoms with Crippen molar-refractivity contribution >= 4 is 43.6 Å². The van der Waals surface area contributed by atoms with Crippen molar-refractivity contribution in [1.29, 1.82) is 0 Å². The third-order valence-corrected chi connectivity index (χ3v) is 20.7. The third-order valence-electron chi connectivity index (χ3n) is 20.7. The molecule has 4 aromatic heterocycles. The Balaban J connectivity index is 0.764. The Morgan fingerprint density at radius 2 is 0.602 bits per heavy atom. The molecule has 2 aliphatic rings. The van der Waals surface area contributed by atoms with E-state index in [1.165, 1.54) is 60.8 Å². The van der Waals surface area contributed by atoms with Crippen molar-refractivity contribution in [3.63, 3.8) is 0 Å². The molecule has 0 bridgehead atoms. The molecule has 0 N–H and O–H groups in total. The van der Waals surface area contributed by atoms with Crippen molar-refractivity contribution < 1.29 is 0 Å². The maximum atomic E-state index is 5.51. The van der Waals surface area contributed by atoms with Crippen LogP contribution in [0.5, 0.6) is 0 Å². The molecule has 2 aliphatic carbocycles. The van der Waals surface area contributed by atoms with E-state index in [1.54, 1.807) is 0 Å². The lowest BCUT2D eigenvalue weighted by atomic mass is 9.82. The van der Waals surface area contributed by atoms with Gasteiger partial charge in [0.25, 0.3) is 0 Å². The summed E-state index contributed by atoms with van der Waals surface area (Å²) >= 11 is 0. The number of hydrogen-bond acceptors (Lipinski definition) is 6. The van der Waals surface area contributed by atoms with E-state index in [2.05, 4.69) is 310 Å². The molecule has 13 aromatic carbocycles. The molecule has 0 amide bonds. The van der Waals surface area contributed by atoms with Gasteiger partial charge in [-0.15, -0.1) is 0 Å². The summed E-state index contributed by atoms with van der Waals surface area (Å²) in [7, 11) is 0. The number of aromatic nitrogens is 8. The molecule has 0 aliphatic heterocycles. The van der Waals surface area contributed by atoms with E-state index < -0.39 is 0 Å². The Morgan fingerprint density at radius 3 is 1.16 bits per heavy atom. The number of benzene rings is 13. The Labute approximate surface area is 567 Å². The van der Waals surface area contributed by atoms with E-state index in [-0.39, 0.29) is 10.8 Å². The lowest BCUT2D eigenvalue weighted by Gasteiger charge is -2.21. The first-order chi connectivity index (χ1) is 48.1. The zero-order valence-corrected chi connectivity index (χ0v) is 54.4. The number of para-hydroxylation sites is 1. The molecule has 0 spiro atoms. The van der Waals surface area contributed by atoms with Gasteiger partial charge in [0.2, 0.25) is 5.95 Å². The molecular weight excluding hydrogens is 1190 g/mol. The summed E-state index contributed by atoms with van der Waals surface area (Å²) in [6.07, 6.45) is 0. The van der Waals surface area contributed by atoms with Crippen LogP contribution < -0.4 is 0 Å². The van der Waals surface area contributed by atoms with Gasteiger partial charge in [-0.1, -0.05) is 264 Å². The van der Waals surface area contributed by atoms with Crippen molar-refractivity contribution in [1.82, 2.24) is 39.0 Å². The normalized spacial score (nSPS) is 13.3. The van der Waals surface area contributed by atoms with E-state index in [0.29, 0.717) is 35.1 Å². The van der Waals surface area contributed by atoms with Gasteiger partial charge in [-0.25, -0.2) is 19.9 Å². The van der Waals surface area contributed by atoms with Crippen molar-refractivity contribution in [3.8, 4) is 124 Å². The van der Waals surface area contributed by atoms with Gasteiger partial charge in [0.1, 0.15) is 0 Å². The van der Waals surface area contributed by atoms with Gasteiger partial charge in [-0.05, 0) is 145 Å². The quantitative estimate of drug-likeness (QED) is 0.136. The largest absolute Gasteiger partial charge is 0.309 e. The Hall–Kier alpha value is -12.5. The molecule has 8 nitrogen and oxygen atoms in total. The fourth-order valence-corrected chi connectivity index (χ4v) is 15.7. The molecule has 462 valence electrons. The summed E-state index contributed by atoms with van der Waals surface area (Å²) in [6.45, 7) is 9.38. The molecule has 0 unspecified atom stereocenters. The zero-order chi connectivity index (χ0) is 65.4. The summed E-state index contributed by atoms with van der Waals surface area (Å²) in [6, 6.07) is 108. The highest BCUT2D eigenvalue weighted by molar-refractivity contribution is 6.17. The van der Waals surface area contributed by atoms with E-state index >= 15 is 0 Å². The zero-order valence-electron chi connectivity index (χ0n) is 54.4. The van der Waals surface area contributed by atoms with Crippen LogP contribution in [0.3, 0.4) is 0 Å². The topological polar surface area (TPSA) is 87.2 Å². The van der Waals surface area contributed by atoms with Crippen LogP contribution in [0.25, 0.3) is 168 Å². The molecular formula is C90H62N8. The van der Waals surface area contributed by atoms with Gasteiger partial charge < -0.3 is 4.57 Å². The van der Waals surface area contributed by atoms with Gasteiger partial charge in [0.15, 0.2) is 29.1 Å². The fraction of sp³-hybridized carbons (Fsp3) is 0.0667. The summed E-state index contributed by atoms with van der Waals surface area (Å²) in [5, 5.41) is 4.63. The maximum absolute atomic E-state index is 5.51. The molecule has 0 radical (unpaired) electrons. The fourth-order valence-electron chi connectivity index (χ4n) is 15.7. The Bertz CT molecular complexity index is 5970. The average molecular weight is 1260 g/mol. The standard InChI is InChI=1S/C90H62N8/c1-89(2)74-34-17-14-30-67(74)70-51-72-69-32-16-19-36-78(69)97(80(72)53-76(70)89)65-48-46-62(47-49-65)84-91-83(59-26-12-7-13-27-59)92-87(93-84)64-29-20-28-63(50-64)66-33-21-37-79-82(66)73-52-71-68-31-15-18-35-75(68)90(3,4)77(71)54-81(73)98(79)88-95-85(60-42-38-57(39-43-60)55-22-8-5-9-23-55)94-86(96-88)61-44-40-58(41-45-61)56-24-10-6-11-25-56/h5-54H,1-4H3. The van der Waals surface area contributed by atoms with E-state index in [0.717, 1.165) is 94.2 Å². The number of hydrogen-bond donors (Lipinski definition) is 0. The maximum Gasteiger partial charge on any atom is 0.238 e. The van der Waals surface area contributed by atoms with E-state index in [4.69, 9.17) is 29.9 Å². The minimum absolute atomic E-state index is 0.140. The summed E-state index contributed by atoms with van der Waals surface area (Å²) in [5.41, 5.74) is 26.3. The lowest BCUT2D eigenvalue weighted by molar-refractivity contribution is 0.661. The molecule has 17 aromatic rings. The highest BCUT2D eigenvalue weighted by Crippen LogP contribution is 2.53. The van der Waals surface area contributed by atoms with Crippen LogP contribution in [0.2, 0.25) is 0 Å². The summed E-state index contributed by atoms with van der Waals surface area (Å²) < 4.78 is 4.68. The van der Waals surface area contributed by atoms with Crippen LogP contribution in [0, 0.1) is 0 Å². The molecule has 0 fully saturated rings. The molecule has 98 heavy (non-hydrogen) atoms. The number of rotatable bonds is 10. The number of fused-ring (bicyclic) bond motifs is 12. The van der Waals surface area contributed by atoms with Crippen LogP contribution >= 0.6 is 0 Å². The molecule has 0 saturated carbocycles. The minimum Gasteiger partial charge on any atom is -0.309 e. The van der Waals surface area contributed by atoms with E-state index in [1.807, 2.05) is 30.3 Å². The van der Waals surface area contributed by atoms with Crippen LogP contribution in [-0.4, -0.2) is 39.0 Å². The molecule has 19 rings (SSSR count). The minimum atomic E-state index is -0.280. The molecule has 8 heteroatoms. The van der Waals surface area contributed by atoms with Crippen LogP contribution in [0.4, 0.5) is 0 Å². The van der Waals surface area contributed by atoms with Crippen molar-refractivity contribution in [2.45, 2.75) is 38.5 Å². The highest BCUT2D eigenvalue weighted by atomic mass is 15.2. The third kappa shape index (κ3) is 9.05. The van der Waals surface area contributed by atoms with Crippen molar-refractivity contribution in [2.75, 3.05) is 0 Å².